The van der Waals surface area contributed by atoms with Gasteiger partial charge >= 0.3 is 6.09 Å². The highest BCUT2D eigenvalue weighted by Gasteiger charge is 2.32. The molecule has 0 spiro atoms. The van der Waals surface area contributed by atoms with Gasteiger partial charge in [-0.3, -0.25) is 4.79 Å². The number of benzene rings is 1. The van der Waals surface area contributed by atoms with Gasteiger partial charge in [0.2, 0.25) is 5.91 Å². The van der Waals surface area contributed by atoms with Crippen molar-refractivity contribution in [3.05, 3.63) is 23.8 Å². The molecule has 0 saturated carbocycles. The van der Waals surface area contributed by atoms with Crippen LogP contribution in [0.25, 0.3) is 0 Å². The number of likely N-dealkylation sites (tertiary alicyclic amines) is 1. The van der Waals surface area contributed by atoms with Crippen LogP contribution in [0.3, 0.4) is 0 Å². The number of nitrogens with one attached hydrogen (secondary N) is 1. The van der Waals surface area contributed by atoms with Crippen molar-refractivity contribution in [1.29, 1.82) is 0 Å². The molecule has 1 aliphatic rings. The largest absolute Gasteiger partial charge is 0.494 e. The van der Waals surface area contributed by atoms with E-state index in [-0.39, 0.29) is 24.6 Å². The summed E-state index contributed by atoms with van der Waals surface area (Å²) in [6, 6.07) is 5.23. The SMILES string of the molecule is CCOc1ccc(NC(=O)CCC2CCCN2C(=O)OC(C)(C)C)cc1CO. The first-order valence-corrected chi connectivity index (χ1v) is 9.89. The number of rotatable bonds is 7. The molecular formula is C21H32N2O5. The molecule has 156 valence electrons. The summed E-state index contributed by atoms with van der Waals surface area (Å²) in [6.07, 6.45) is 2.39. The quantitative estimate of drug-likeness (QED) is 0.739. The second-order valence-electron chi connectivity index (χ2n) is 7.97. The second kappa shape index (κ2) is 9.78. The number of anilines is 1. The zero-order valence-corrected chi connectivity index (χ0v) is 17.3. The zero-order chi connectivity index (χ0) is 20.7. The molecule has 1 atom stereocenters. The molecule has 1 heterocycles. The minimum Gasteiger partial charge on any atom is -0.494 e. The number of ether oxygens (including phenoxy) is 2. The van der Waals surface area contributed by atoms with Crippen LogP contribution in [-0.2, 0) is 16.1 Å². The van der Waals surface area contributed by atoms with Crippen LogP contribution in [0.1, 0.15) is 58.9 Å². The molecule has 0 aliphatic carbocycles. The molecule has 2 N–H and O–H groups in total. The zero-order valence-electron chi connectivity index (χ0n) is 17.3. The maximum atomic E-state index is 12.3. The van der Waals surface area contributed by atoms with Gasteiger partial charge in [-0.2, -0.15) is 0 Å². The molecule has 7 nitrogen and oxygen atoms in total. The predicted molar refractivity (Wildman–Crippen MR) is 107 cm³/mol. The summed E-state index contributed by atoms with van der Waals surface area (Å²) in [5.41, 5.74) is 0.721. The van der Waals surface area contributed by atoms with E-state index in [1.165, 1.54) is 0 Å². The van der Waals surface area contributed by atoms with E-state index in [9.17, 15) is 14.7 Å². The first-order valence-electron chi connectivity index (χ1n) is 9.89. The van der Waals surface area contributed by atoms with E-state index in [0.29, 0.717) is 43.0 Å². The summed E-state index contributed by atoms with van der Waals surface area (Å²) >= 11 is 0. The molecule has 1 fully saturated rings. The van der Waals surface area contributed by atoms with Gasteiger partial charge in [-0.15, -0.1) is 0 Å². The number of nitrogens with zero attached hydrogens (tertiary/aromatic N) is 1. The normalized spacial score (nSPS) is 16.8. The van der Waals surface area contributed by atoms with Gasteiger partial charge in [-0.25, -0.2) is 4.79 Å². The van der Waals surface area contributed by atoms with E-state index in [1.54, 1.807) is 23.1 Å². The fraction of sp³-hybridized carbons (Fsp3) is 0.619. The molecular weight excluding hydrogens is 360 g/mol. The molecule has 1 aliphatic heterocycles. The number of carbonyl (C=O) groups is 2. The lowest BCUT2D eigenvalue weighted by Crippen LogP contribution is -2.40. The second-order valence-corrected chi connectivity index (χ2v) is 7.97. The fourth-order valence-electron chi connectivity index (χ4n) is 3.30. The smallest absolute Gasteiger partial charge is 0.410 e. The number of aliphatic hydroxyl groups excluding tert-OH is 1. The molecule has 28 heavy (non-hydrogen) atoms. The van der Waals surface area contributed by atoms with Crippen LogP contribution >= 0.6 is 0 Å². The number of hydrogen-bond acceptors (Lipinski definition) is 5. The van der Waals surface area contributed by atoms with Crippen LogP contribution in [0.4, 0.5) is 10.5 Å². The molecule has 0 radical (unpaired) electrons. The third-order valence-corrected chi connectivity index (χ3v) is 4.52. The van der Waals surface area contributed by atoms with Crippen LogP contribution < -0.4 is 10.1 Å². The van der Waals surface area contributed by atoms with Gasteiger partial charge < -0.3 is 24.8 Å². The summed E-state index contributed by atoms with van der Waals surface area (Å²) in [7, 11) is 0. The Balaban J connectivity index is 1.89. The standard InChI is InChI=1S/C21H32N2O5/c1-5-27-18-10-8-16(13-15(18)14-24)22-19(25)11-9-17-7-6-12-23(17)20(26)28-21(2,3)4/h8,10,13,17,24H,5-7,9,11-12,14H2,1-4H3,(H,22,25). The van der Waals surface area contributed by atoms with E-state index in [1.807, 2.05) is 27.7 Å². The molecule has 1 saturated heterocycles. The Bertz CT molecular complexity index is 684. The Labute approximate surface area is 167 Å². The van der Waals surface area contributed by atoms with Gasteiger partial charge in [-0.1, -0.05) is 0 Å². The lowest BCUT2D eigenvalue weighted by atomic mass is 10.1. The minimum atomic E-state index is -0.528. The maximum absolute atomic E-state index is 12.3. The molecule has 0 aromatic heterocycles. The Morgan fingerprint density at radius 1 is 1.32 bits per heavy atom. The first-order chi connectivity index (χ1) is 13.2. The van der Waals surface area contributed by atoms with Crippen LogP contribution in [0.2, 0.25) is 0 Å². The minimum absolute atomic E-state index is 0.0222. The van der Waals surface area contributed by atoms with E-state index in [4.69, 9.17) is 9.47 Å². The Kier molecular flexibility index (Phi) is 7.69. The average molecular weight is 392 g/mol. The summed E-state index contributed by atoms with van der Waals surface area (Å²) in [4.78, 5) is 26.4. The molecule has 7 heteroatoms. The topological polar surface area (TPSA) is 88.1 Å². The lowest BCUT2D eigenvalue weighted by molar-refractivity contribution is -0.116. The van der Waals surface area contributed by atoms with Crippen LogP contribution in [0.5, 0.6) is 5.75 Å². The third kappa shape index (κ3) is 6.41. The van der Waals surface area contributed by atoms with Gasteiger partial charge in [0.25, 0.3) is 0 Å². The number of hydrogen-bond donors (Lipinski definition) is 2. The van der Waals surface area contributed by atoms with Gasteiger partial charge in [0, 0.05) is 30.3 Å². The Morgan fingerprint density at radius 3 is 2.71 bits per heavy atom. The molecule has 0 bridgehead atoms. The lowest BCUT2D eigenvalue weighted by Gasteiger charge is -2.28. The number of carbonyl (C=O) groups excluding carboxylic acids is 2. The first kappa shape index (κ1) is 22.0. The molecule has 2 amide bonds. The van der Waals surface area contributed by atoms with Crippen LogP contribution in [0, 0.1) is 0 Å². The third-order valence-electron chi connectivity index (χ3n) is 4.52. The van der Waals surface area contributed by atoms with Gasteiger partial charge in [0.15, 0.2) is 0 Å². The molecule has 1 unspecified atom stereocenters. The van der Waals surface area contributed by atoms with Crippen molar-refractivity contribution in [2.45, 2.75) is 71.6 Å². The van der Waals surface area contributed by atoms with Gasteiger partial charge in [0.1, 0.15) is 11.4 Å². The van der Waals surface area contributed by atoms with Crippen molar-refractivity contribution < 1.29 is 24.2 Å². The summed E-state index contributed by atoms with van der Waals surface area (Å²) in [6.45, 7) is 8.43. The summed E-state index contributed by atoms with van der Waals surface area (Å²) in [5.74, 6) is 0.492. The van der Waals surface area contributed by atoms with E-state index in [2.05, 4.69) is 5.32 Å². The molecule has 1 aromatic rings. The monoisotopic (exact) mass is 392 g/mol. The maximum Gasteiger partial charge on any atom is 0.410 e. The predicted octanol–water partition coefficient (Wildman–Crippen LogP) is 3.70. The Morgan fingerprint density at radius 2 is 2.07 bits per heavy atom. The van der Waals surface area contributed by atoms with Crippen molar-refractivity contribution in [2.75, 3.05) is 18.5 Å². The highest BCUT2D eigenvalue weighted by atomic mass is 16.6. The van der Waals surface area contributed by atoms with E-state index < -0.39 is 5.60 Å². The van der Waals surface area contributed by atoms with Gasteiger partial charge in [0.05, 0.1) is 13.2 Å². The molecule has 1 aromatic carbocycles. The highest BCUT2D eigenvalue weighted by Crippen LogP contribution is 2.25. The number of aliphatic hydroxyl groups is 1. The summed E-state index contributed by atoms with van der Waals surface area (Å²) < 4.78 is 10.9. The fourth-order valence-corrected chi connectivity index (χ4v) is 3.30. The van der Waals surface area contributed by atoms with Crippen LogP contribution in [0.15, 0.2) is 18.2 Å². The van der Waals surface area contributed by atoms with Crippen molar-refractivity contribution in [2.24, 2.45) is 0 Å². The van der Waals surface area contributed by atoms with Crippen molar-refractivity contribution >= 4 is 17.7 Å². The number of amides is 2. The van der Waals surface area contributed by atoms with Crippen molar-refractivity contribution in [3.63, 3.8) is 0 Å². The summed E-state index contributed by atoms with van der Waals surface area (Å²) in [5, 5.41) is 12.3. The van der Waals surface area contributed by atoms with Crippen molar-refractivity contribution in [1.82, 2.24) is 4.90 Å². The van der Waals surface area contributed by atoms with Crippen molar-refractivity contribution in [3.8, 4) is 5.75 Å². The van der Waals surface area contributed by atoms with Gasteiger partial charge in [-0.05, 0) is 65.2 Å². The highest BCUT2D eigenvalue weighted by molar-refractivity contribution is 5.91. The average Bonchev–Trinajstić information content (AvgIpc) is 3.09. The van der Waals surface area contributed by atoms with E-state index in [0.717, 1.165) is 12.8 Å². The Hall–Kier alpha value is -2.28. The van der Waals surface area contributed by atoms with E-state index >= 15 is 0 Å². The molecule has 2 rings (SSSR count). The van der Waals surface area contributed by atoms with Crippen LogP contribution in [-0.4, -0.2) is 46.8 Å².